The van der Waals surface area contributed by atoms with Gasteiger partial charge < -0.3 is 9.47 Å². The van der Waals surface area contributed by atoms with Gasteiger partial charge in [-0.05, 0) is 36.1 Å². The molecular formula is C19H24NO2+. The van der Waals surface area contributed by atoms with Gasteiger partial charge in [0.05, 0.1) is 19.8 Å². The summed E-state index contributed by atoms with van der Waals surface area (Å²) in [5.74, 6) is 2.28. The predicted octanol–water partition coefficient (Wildman–Crippen LogP) is 3.41. The van der Waals surface area contributed by atoms with E-state index in [0.29, 0.717) is 5.92 Å². The van der Waals surface area contributed by atoms with Crippen molar-refractivity contribution in [2.24, 2.45) is 5.92 Å². The normalized spacial score (nSPS) is 12.8. The Morgan fingerprint density at radius 2 is 1.82 bits per heavy atom. The molecule has 3 heteroatoms. The van der Waals surface area contributed by atoms with Crippen LogP contribution in [0.3, 0.4) is 0 Å². The van der Waals surface area contributed by atoms with E-state index in [9.17, 15) is 0 Å². The van der Waals surface area contributed by atoms with Crippen LogP contribution >= 0.6 is 0 Å². The summed E-state index contributed by atoms with van der Waals surface area (Å²) in [4.78, 5) is 0. The number of fused-ring (bicyclic) bond motifs is 3. The number of hydrogen-bond donors (Lipinski definition) is 0. The van der Waals surface area contributed by atoms with Gasteiger partial charge in [0, 0.05) is 18.1 Å². The fourth-order valence-corrected chi connectivity index (χ4v) is 3.22. The molecule has 0 spiro atoms. The van der Waals surface area contributed by atoms with Gasteiger partial charge in [-0.15, -0.1) is 0 Å². The summed E-state index contributed by atoms with van der Waals surface area (Å²) in [6.07, 6.45) is 4.45. The van der Waals surface area contributed by atoms with Gasteiger partial charge in [-0.1, -0.05) is 13.8 Å². The molecule has 0 radical (unpaired) electrons. The third-order valence-electron chi connectivity index (χ3n) is 4.24. The maximum Gasteiger partial charge on any atom is 0.212 e. The highest BCUT2D eigenvalue weighted by atomic mass is 16.5. The molecule has 0 unspecified atom stereocenters. The van der Waals surface area contributed by atoms with Crippen LogP contribution in [-0.2, 0) is 19.4 Å². The minimum absolute atomic E-state index is 0.680. The van der Waals surface area contributed by atoms with E-state index in [1.165, 1.54) is 22.4 Å². The molecule has 3 nitrogen and oxygen atoms in total. The maximum atomic E-state index is 5.46. The second kappa shape index (κ2) is 5.99. The van der Waals surface area contributed by atoms with Crippen molar-refractivity contribution in [3.8, 4) is 22.8 Å². The van der Waals surface area contributed by atoms with Crippen molar-refractivity contribution in [1.82, 2.24) is 0 Å². The lowest BCUT2D eigenvalue weighted by Crippen LogP contribution is -2.40. The third-order valence-corrected chi connectivity index (χ3v) is 4.24. The number of benzene rings is 1. The van der Waals surface area contributed by atoms with Crippen LogP contribution in [0.4, 0.5) is 0 Å². The first-order valence-corrected chi connectivity index (χ1v) is 7.90. The predicted molar refractivity (Wildman–Crippen MR) is 87.4 cm³/mol. The third kappa shape index (κ3) is 2.68. The van der Waals surface area contributed by atoms with Crippen molar-refractivity contribution in [1.29, 1.82) is 0 Å². The molecule has 1 aromatic heterocycles. The zero-order valence-corrected chi connectivity index (χ0v) is 13.8. The topological polar surface area (TPSA) is 22.3 Å². The molecule has 0 saturated carbocycles. The molecule has 22 heavy (non-hydrogen) atoms. The Hall–Kier alpha value is -2.03. The van der Waals surface area contributed by atoms with E-state index in [1.807, 2.05) is 0 Å². The van der Waals surface area contributed by atoms with Crippen LogP contribution in [0.1, 0.15) is 25.0 Å². The van der Waals surface area contributed by atoms with Crippen LogP contribution < -0.4 is 14.0 Å². The highest BCUT2D eigenvalue weighted by molar-refractivity contribution is 5.67. The standard InChI is InChI=1S/C19H24NO2/c1-13(2)9-14-5-6-17-16-11-19(22-4)18(21-3)10-15(16)7-8-20(17)12-14/h5-6,10-13H,7-9H2,1-4H3/q+1. The summed E-state index contributed by atoms with van der Waals surface area (Å²) >= 11 is 0. The van der Waals surface area contributed by atoms with E-state index in [2.05, 4.69) is 48.9 Å². The van der Waals surface area contributed by atoms with Gasteiger partial charge in [-0.25, -0.2) is 0 Å². The monoisotopic (exact) mass is 298 g/mol. The van der Waals surface area contributed by atoms with E-state index in [1.54, 1.807) is 14.2 Å². The molecule has 0 N–H and O–H groups in total. The van der Waals surface area contributed by atoms with Gasteiger partial charge in [-0.2, -0.15) is 4.57 Å². The Morgan fingerprint density at radius 3 is 2.50 bits per heavy atom. The first-order valence-electron chi connectivity index (χ1n) is 7.90. The first kappa shape index (κ1) is 14.9. The molecule has 1 aliphatic heterocycles. The van der Waals surface area contributed by atoms with Crippen LogP contribution in [0.5, 0.6) is 11.5 Å². The fraction of sp³-hybridized carbons (Fsp3) is 0.421. The van der Waals surface area contributed by atoms with E-state index < -0.39 is 0 Å². The lowest BCUT2D eigenvalue weighted by molar-refractivity contribution is -0.688. The molecule has 116 valence electrons. The largest absolute Gasteiger partial charge is 0.493 e. The average Bonchev–Trinajstić information content (AvgIpc) is 2.52. The number of aromatic nitrogens is 1. The first-order chi connectivity index (χ1) is 10.6. The number of methoxy groups -OCH3 is 2. The van der Waals surface area contributed by atoms with Crippen molar-refractivity contribution in [3.63, 3.8) is 0 Å². The zero-order chi connectivity index (χ0) is 15.7. The summed E-state index contributed by atoms with van der Waals surface area (Å²) in [5, 5.41) is 0. The highest BCUT2D eigenvalue weighted by Gasteiger charge is 2.25. The molecule has 0 atom stereocenters. The van der Waals surface area contributed by atoms with Crippen molar-refractivity contribution in [2.75, 3.05) is 14.2 Å². The second-order valence-corrected chi connectivity index (χ2v) is 6.33. The summed E-state index contributed by atoms with van der Waals surface area (Å²) < 4.78 is 13.2. The van der Waals surface area contributed by atoms with Crippen LogP contribution in [0, 0.1) is 5.92 Å². The molecule has 1 aromatic carbocycles. The summed E-state index contributed by atoms with van der Waals surface area (Å²) in [7, 11) is 3.38. The summed E-state index contributed by atoms with van der Waals surface area (Å²) in [6.45, 7) is 5.54. The lowest BCUT2D eigenvalue weighted by atomic mass is 9.95. The van der Waals surface area contributed by atoms with Crippen LogP contribution in [0.25, 0.3) is 11.3 Å². The Balaban J connectivity index is 2.05. The number of ether oxygens (including phenoxy) is 2. The Kier molecular flexibility index (Phi) is 4.06. The van der Waals surface area contributed by atoms with Gasteiger partial charge in [0.1, 0.15) is 0 Å². The van der Waals surface area contributed by atoms with Crippen molar-refractivity contribution in [2.45, 2.75) is 33.2 Å². The molecule has 0 bridgehead atoms. The molecule has 0 amide bonds. The SMILES string of the molecule is COc1cc2c(cc1OC)-c1ccc(CC(C)C)c[n+]1CC2. The van der Waals surface area contributed by atoms with Gasteiger partial charge in [0.2, 0.25) is 5.69 Å². The van der Waals surface area contributed by atoms with Gasteiger partial charge in [0.15, 0.2) is 24.2 Å². The smallest absolute Gasteiger partial charge is 0.212 e. The quantitative estimate of drug-likeness (QED) is 0.807. The van der Waals surface area contributed by atoms with Crippen LogP contribution in [0.2, 0.25) is 0 Å². The molecular weight excluding hydrogens is 274 g/mol. The minimum atomic E-state index is 0.680. The molecule has 0 saturated heterocycles. The minimum Gasteiger partial charge on any atom is -0.493 e. The molecule has 0 aliphatic carbocycles. The number of nitrogens with zero attached hydrogens (tertiary/aromatic N) is 1. The summed E-state index contributed by atoms with van der Waals surface area (Å²) in [5.41, 5.74) is 5.24. The number of rotatable bonds is 4. The second-order valence-electron chi connectivity index (χ2n) is 6.33. The fourth-order valence-electron chi connectivity index (χ4n) is 3.22. The van der Waals surface area contributed by atoms with Gasteiger partial charge >= 0.3 is 0 Å². The molecule has 1 aliphatic rings. The molecule has 0 fully saturated rings. The maximum absolute atomic E-state index is 5.46. The average molecular weight is 298 g/mol. The van der Waals surface area contributed by atoms with Gasteiger partial charge in [-0.3, -0.25) is 0 Å². The van der Waals surface area contributed by atoms with E-state index >= 15 is 0 Å². The summed E-state index contributed by atoms with van der Waals surface area (Å²) in [6, 6.07) is 8.69. The van der Waals surface area contributed by atoms with Crippen molar-refractivity contribution >= 4 is 0 Å². The number of aryl methyl sites for hydroxylation is 2. The van der Waals surface area contributed by atoms with E-state index in [0.717, 1.165) is 30.9 Å². The van der Waals surface area contributed by atoms with Crippen LogP contribution in [0.15, 0.2) is 30.5 Å². The number of hydrogen-bond acceptors (Lipinski definition) is 2. The Labute approximate surface area is 132 Å². The van der Waals surface area contributed by atoms with Gasteiger partial charge in [0.25, 0.3) is 0 Å². The molecule has 2 aromatic rings. The van der Waals surface area contributed by atoms with Crippen LogP contribution in [-0.4, -0.2) is 14.2 Å². The van der Waals surface area contributed by atoms with Crippen molar-refractivity contribution < 1.29 is 14.0 Å². The number of pyridine rings is 1. The van der Waals surface area contributed by atoms with E-state index in [-0.39, 0.29) is 0 Å². The van der Waals surface area contributed by atoms with Crippen molar-refractivity contribution in [3.05, 3.63) is 41.6 Å². The Morgan fingerprint density at radius 1 is 1.09 bits per heavy atom. The lowest BCUT2D eigenvalue weighted by Gasteiger charge is -2.18. The van der Waals surface area contributed by atoms with E-state index in [4.69, 9.17) is 9.47 Å². The Bertz CT molecular complexity index is 692. The molecule has 3 rings (SSSR count). The zero-order valence-electron chi connectivity index (χ0n) is 13.8. The highest BCUT2D eigenvalue weighted by Crippen LogP contribution is 2.36. The molecule has 2 heterocycles.